The largest absolute Gasteiger partial charge is 0.515 e. The van der Waals surface area contributed by atoms with Crippen molar-refractivity contribution in [3.05, 3.63) is 59.2 Å². The molecule has 0 fully saturated rings. The molecule has 0 aliphatic rings. The minimum atomic E-state index is -0.799. The van der Waals surface area contributed by atoms with Crippen LogP contribution < -0.4 is 4.74 Å². The summed E-state index contributed by atoms with van der Waals surface area (Å²) in [5, 5.41) is 2.56. The molecule has 0 aliphatic heterocycles. The number of pyridine rings is 1. The summed E-state index contributed by atoms with van der Waals surface area (Å²) < 4.78 is 15.9. The molecule has 0 bridgehead atoms. The lowest BCUT2D eigenvalue weighted by Gasteiger charge is -2.12. The van der Waals surface area contributed by atoms with Crippen LogP contribution in [0.15, 0.2) is 48.7 Å². The third-order valence-corrected chi connectivity index (χ3v) is 4.93. The minimum Gasteiger partial charge on any atom is -0.431 e. The van der Waals surface area contributed by atoms with Gasteiger partial charge in [0.25, 0.3) is 0 Å². The van der Waals surface area contributed by atoms with E-state index in [1.54, 1.807) is 27.2 Å². The maximum atomic E-state index is 12.1. The molecule has 2 heterocycles. The van der Waals surface area contributed by atoms with Gasteiger partial charge in [0.2, 0.25) is 5.88 Å². The van der Waals surface area contributed by atoms with Crippen LogP contribution >= 0.6 is 11.6 Å². The fourth-order valence-electron chi connectivity index (χ4n) is 3.52. The fraction of sp³-hybridized carbons (Fsp3) is 0.217. The van der Waals surface area contributed by atoms with Crippen molar-refractivity contribution < 1.29 is 19.0 Å². The van der Waals surface area contributed by atoms with Crippen molar-refractivity contribution in [3.63, 3.8) is 0 Å². The number of aromatic amines is 1. The van der Waals surface area contributed by atoms with E-state index in [9.17, 15) is 4.79 Å². The molecule has 6 nitrogen and oxygen atoms in total. The lowest BCUT2D eigenvalue weighted by molar-refractivity contribution is 0.0705. The number of H-pyrrole nitrogens is 1. The lowest BCUT2D eigenvalue weighted by Crippen LogP contribution is -2.17. The monoisotopic (exact) mass is 424 g/mol. The average molecular weight is 425 g/mol. The molecule has 0 unspecified atom stereocenters. The van der Waals surface area contributed by atoms with Crippen LogP contribution in [0, 0.1) is 0 Å². The number of nitrogens with zero attached hydrogens (tertiary/aromatic N) is 1. The lowest BCUT2D eigenvalue weighted by atomic mass is 9.98. The van der Waals surface area contributed by atoms with E-state index in [-0.39, 0.29) is 18.6 Å². The Morgan fingerprint density at radius 1 is 1.10 bits per heavy atom. The molecule has 1 N–H and O–H groups in total. The Bertz CT molecular complexity index is 1220. The molecule has 0 aliphatic carbocycles. The molecule has 7 heteroatoms. The molecule has 0 radical (unpaired) electrons. The number of methoxy groups -OCH3 is 1. The quantitative estimate of drug-likeness (QED) is 0.391. The third kappa shape index (κ3) is 3.84. The topological polar surface area (TPSA) is 73.4 Å². The minimum absolute atomic E-state index is 0.168. The van der Waals surface area contributed by atoms with Gasteiger partial charge >= 0.3 is 6.16 Å². The summed E-state index contributed by atoms with van der Waals surface area (Å²) in [4.78, 5) is 19.8. The third-order valence-electron chi connectivity index (χ3n) is 4.68. The molecule has 0 spiro atoms. The van der Waals surface area contributed by atoms with Crippen LogP contribution in [0.4, 0.5) is 4.79 Å². The summed E-state index contributed by atoms with van der Waals surface area (Å²) in [6, 6.07) is 13.7. The second-order valence-electron chi connectivity index (χ2n) is 7.14. The van der Waals surface area contributed by atoms with Crippen molar-refractivity contribution in [1.29, 1.82) is 0 Å². The number of fused-ring (bicyclic) bond motifs is 3. The van der Waals surface area contributed by atoms with Crippen LogP contribution in [0.25, 0.3) is 32.9 Å². The van der Waals surface area contributed by atoms with Gasteiger partial charge in [-0.3, -0.25) is 0 Å². The predicted octanol–water partition coefficient (Wildman–Crippen LogP) is 6.11. The van der Waals surface area contributed by atoms with Gasteiger partial charge in [-0.15, -0.1) is 0 Å². The highest BCUT2D eigenvalue weighted by Gasteiger charge is 2.20. The molecule has 4 aromatic rings. The fourth-order valence-corrected chi connectivity index (χ4v) is 3.64. The normalized spacial score (nSPS) is 11.4. The Morgan fingerprint density at radius 2 is 1.87 bits per heavy atom. The van der Waals surface area contributed by atoms with Crippen LogP contribution in [-0.4, -0.2) is 29.3 Å². The average Bonchev–Trinajstić information content (AvgIpc) is 3.09. The second kappa shape index (κ2) is 8.34. The van der Waals surface area contributed by atoms with E-state index in [2.05, 4.69) is 9.97 Å². The highest BCUT2D eigenvalue weighted by atomic mass is 35.5. The number of ether oxygens (including phenoxy) is 3. The van der Waals surface area contributed by atoms with Crippen molar-refractivity contribution in [2.45, 2.75) is 26.6 Å². The number of benzene rings is 2. The molecule has 0 atom stereocenters. The number of rotatable bonds is 5. The summed E-state index contributed by atoms with van der Waals surface area (Å²) in [6.45, 7) is 3.73. The van der Waals surface area contributed by atoms with Crippen molar-refractivity contribution in [1.82, 2.24) is 9.97 Å². The summed E-state index contributed by atoms with van der Waals surface area (Å²) in [7, 11) is 1.59. The molecule has 2 aromatic heterocycles. The summed E-state index contributed by atoms with van der Waals surface area (Å²) >= 11 is 6.07. The molecule has 30 heavy (non-hydrogen) atoms. The molecule has 0 saturated heterocycles. The van der Waals surface area contributed by atoms with E-state index >= 15 is 0 Å². The Morgan fingerprint density at radius 3 is 2.57 bits per heavy atom. The first-order valence-corrected chi connectivity index (χ1v) is 9.91. The van der Waals surface area contributed by atoms with Gasteiger partial charge in [0.05, 0.1) is 30.0 Å². The van der Waals surface area contributed by atoms with Crippen LogP contribution in [0.2, 0.25) is 5.02 Å². The van der Waals surface area contributed by atoms with Gasteiger partial charge < -0.3 is 19.2 Å². The highest BCUT2D eigenvalue weighted by molar-refractivity contribution is 6.30. The molecule has 154 valence electrons. The van der Waals surface area contributed by atoms with Crippen molar-refractivity contribution >= 4 is 39.6 Å². The van der Waals surface area contributed by atoms with Crippen LogP contribution in [-0.2, 0) is 16.1 Å². The summed E-state index contributed by atoms with van der Waals surface area (Å²) in [6.07, 6.45) is 0.557. The van der Waals surface area contributed by atoms with Crippen molar-refractivity contribution in [2.75, 3.05) is 7.11 Å². The first kappa shape index (κ1) is 20.2. The summed E-state index contributed by atoms with van der Waals surface area (Å²) in [5.41, 5.74) is 4.48. The molecule has 2 aromatic carbocycles. The molecule has 0 amide bonds. The van der Waals surface area contributed by atoms with Gasteiger partial charge in [-0.25, -0.2) is 9.78 Å². The first-order valence-electron chi connectivity index (χ1n) is 9.53. The maximum absolute atomic E-state index is 12.1. The zero-order valence-electron chi connectivity index (χ0n) is 16.9. The predicted molar refractivity (Wildman–Crippen MR) is 117 cm³/mol. The van der Waals surface area contributed by atoms with Gasteiger partial charge in [0.1, 0.15) is 0 Å². The molecular formula is C23H21ClN2O4. The van der Waals surface area contributed by atoms with Crippen LogP contribution in [0.3, 0.4) is 0 Å². The van der Waals surface area contributed by atoms with Gasteiger partial charge in [0, 0.05) is 28.4 Å². The zero-order chi connectivity index (χ0) is 21.3. The maximum Gasteiger partial charge on any atom is 0.515 e. The summed E-state index contributed by atoms with van der Waals surface area (Å²) in [5.74, 6) is 0.168. The number of carbonyl (C=O) groups is 1. The number of nitrogens with one attached hydrogen (secondary N) is 1. The van der Waals surface area contributed by atoms with E-state index in [1.165, 1.54) is 0 Å². The Kier molecular flexibility index (Phi) is 5.61. The Hall–Kier alpha value is -3.09. The highest BCUT2D eigenvalue weighted by Crippen LogP contribution is 2.39. The van der Waals surface area contributed by atoms with E-state index in [4.69, 9.17) is 25.8 Å². The standard InChI is InChI=1S/C23H21ClN2O4/c1-13(2)29-23(27)30-22-17(12-28-3)21-19(11-25-22)26-18-6-4-5-16(20(18)21)14-7-9-15(24)10-8-14/h4-11,13,26H,12H2,1-3H3. The van der Waals surface area contributed by atoms with Crippen LogP contribution in [0.5, 0.6) is 5.88 Å². The Labute approximate surface area is 178 Å². The number of carbonyl (C=O) groups excluding carboxylic acids is 1. The Balaban J connectivity index is 1.95. The van der Waals surface area contributed by atoms with Crippen LogP contribution in [0.1, 0.15) is 19.4 Å². The number of hydrogen-bond donors (Lipinski definition) is 1. The number of halogens is 1. The van der Waals surface area contributed by atoms with E-state index < -0.39 is 6.16 Å². The number of aromatic nitrogens is 2. The second-order valence-corrected chi connectivity index (χ2v) is 7.58. The number of hydrogen-bond acceptors (Lipinski definition) is 5. The van der Waals surface area contributed by atoms with Gasteiger partial charge in [0.15, 0.2) is 0 Å². The SMILES string of the molecule is COCc1c(OC(=O)OC(C)C)ncc2[nH]c3cccc(-c4ccc(Cl)cc4)c3c12. The van der Waals surface area contributed by atoms with Crippen molar-refractivity contribution in [3.8, 4) is 17.0 Å². The van der Waals surface area contributed by atoms with Gasteiger partial charge in [-0.1, -0.05) is 35.9 Å². The first-order chi connectivity index (χ1) is 14.5. The van der Waals surface area contributed by atoms with Gasteiger partial charge in [-0.2, -0.15) is 0 Å². The molecule has 4 rings (SSSR count). The molecular weight excluding hydrogens is 404 g/mol. The van der Waals surface area contributed by atoms with E-state index in [0.717, 1.165) is 32.9 Å². The van der Waals surface area contributed by atoms with E-state index in [0.29, 0.717) is 10.6 Å². The zero-order valence-corrected chi connectivity index (χ0v) is 17.6. The van der Waals surface area contributed by atoms with E-state index in [1.807, 2.05) is 42.5 Å². The van der Waals surface area contributed by atoms with Crippen molar-refractivity contribution in [2.24, 2.45) is 0 Å². The van der Waals surface area contributed by atoms with Gasteiger partial charge in [-0.05, 0) is 43.2 Å². The molecule has 0 saturated carbocycles. The smallest absolute Gasteiger partial charge is 0.431 e.